The number of carboxylic acids is 1. The molecule has 1 saturated heterocycles. The third-order valence-electron chi connectivity index (χ3n) is 2.88. The van der Waals surface area contributed by atoms with E-state index in [-0.39, 0.29) is 24.1 Å². The highest BCUT2D eigenvalue weighted by molar-refractivity contribution is 7.91. The van der Waals surface area contributed by atoms with Gasteiger partial charge < -0.3 is 15.3 Å². The summed E-state index contributed by atoms with van der Waals surface area (Å²) in [4.78, 5) is 23.5. The summed E-state index contributed by atoms with van der Waals surface area (Å²) in [5, 5.41) is 11.3. The highest BCUT2D eigenvalue weighted by Crippen LogP contribution is 2.12. The molecule has 0 unspecified atom stereocenters. The molecular formula is C10H18N2O5S. The molecule has 0 aliphatic carbocycles. The lowest BCUT2D eigenvalue weighted by molar-refractivity contribution is -0.137. The van der Waals surface area contributed by atoms with Gasteiger partial charge in [0.05, 0.1) is 11.5 Å². The SMILES string of the molecule is CCN(CC(=O)O)C(=O)NC1CCS(=O)(=O)CC1. The van der Waals surface area contributed by atoms with Gasteiger partial charge in [0.15, 0.2) is 0 Å². The Labute approximate surface area is 106 Å². The van der Waals surface area contributed by atoms with Gasteiger partial charge in [-0.1, -0.05) is 0 Å². The summed E-state index contributed by atoms with van der Waals surface area (Å²) in [6.07, 6.45) is 0.775. The van der Waals surface area contributed by atoms with Crippen LogP contribution in [-0.2, 0) is 14.6 Å². The molecule has 0 aromatic carbocycles. The van der Waals surface area contributed by atoms with Gasteiger partial charge in [0.2, 0.25) is 0 Å². The van der Waals surface area contributed by atoms with Crippen molar-refractivity contribution in [2.45, 2.75) is 25.8 Å². The number of likely N-dealkylation sites (N-methyl/N-ethyl adjacent to an activating group) is 1. The predicted molar refractivity (Wildman–Crippen MR) is 65.1 cm³/mol. The summed E-state index contributed by atoms with van der Waals surface area (Å²) in [6.45, 7) is 1.63. The van der Waals surface area contributed by atoms with E-state index in [1.165, 1.54) is 4.90 Å². The number of hydrogen-bond acceptors (Lipinski definition) is 4. The van der Waals surface area contributed by atoms with Gasteiger partial charge in [0.1, 0.15) is 16.4 Å². The zero-order chi connectivity index (χ0) is 13.8. The van der Waals surface area contributed by atoms with Crippen molar-refractivity contribution in [2.75, 3.05) is 24.6 Å². The Balaban J connectivity index is 2.47. The Morgan fingerprint density at radius 1 is 1.33 bits per heavy atom. The van der Waals surface area contributed by atoms with Gasteiger partial charge in [-0.3, -0.25) is 4.79 Å². The van der Waals surface area contributed by atoms with Crippen LogP contribution in [0, 0.1) is 0 Å². The first-order chi connectivity index (χ1) is 8.34. The monoisotopic (exact) mass is 278 g/mol. The molecule has 1 rings (SSSR count). The molecule has 0 radical (unpaired) electrons. The number of carbonyl (C=O) groups excluding carboxylic acids is 1. The van der Waals surface area contributed by atoms with Gasteiger partial charge >= 0.3 is 12.0 Å². The lowest BCUT2D eigenvalue weighted by Crippen LogP contribution is -2.48. The van der Waals surface area contributed by atoms with Crippen LogP contribution >= 0.6 is 0 Å². The molecule has 7 nitrogen and oxygen atoms in total. The number of sulfone groups is 1. The molecule has 1 heterocycles. The van der Waals surface area contributed by atoms with Crippen LogP contribution in [0.4, 0.5) is 4.79 Å². The highest BCUT2D eigenvalue weighted by Gasteiger charge is 2.26. The van der Waals surface area contributed by atoms with Crippen molar-refractivity contribution >= 4 is 21.8 Å². The van der Waals surface area contributed by atoms with Crippen molar-refractivity contribution in [3.63, 3.8) is 0 Å². The van der Waals surface area contributed by atoms with Gasteiger partial charge in [-0.15, -0.1) is 0 Å². The van der Waals surface area contributed by atoms with E-state index < -0.39 is 21.8 Å². The highest BCUT2D eigenvalue weighted by atomic mass is 32.2. The average molecular weight is 278 g/mol. The first-order valence-corrected chi connectivity index (χ1v) is 7.64. The van der Waals surface area contributed by atoms with E-state index in [9.17, 15) is 18.0 Å². The molecule has 0 saturated carbocycles. The fourth-order valence-electron chi connectivity index (χ4n) is 1.79. The molecule has 104 valence electrons. The van der Waals surface area contributed by atoms with Crippen LogP contribution in [0.5, 0.6) is 0 Å². The summed E-state index contributed by atoms with van der Waals surface area (Å²) >= 11 is 0. The minimum absolute atomic E-state index is 0.0724. The van der Waals surface area contributed by atoms with E-state index >= 15 is 0 Å². The van der Waals surface area contributed by atoms with E-state index in [1.54, 1.807) is 6.92 Å². The second kappa shape index (κ2) is 6.03. The number of hydrogen-bond donors (Lipinski definition) is 2. The number of carbonyl (C=O) groups is 2. The predicted octanol–water partition coefficient (Wildman–Crippen LogP) is -0.320. The molecule has 1 fully saturated rings. The van der Waals surface area contributed by atoms with Crippen LogP contribution in [0.25, 0.3) is 0 Å². The maximum Gasteiger partial charge on any atom is 0.323 e. The average Bonchev–Trinajstić information content (AvgIpc) is 2.28. The fraction of sp³-hybridized carbons (Fsp3) is 0.800. The molecule has 8 heteroatoms. The molecular weight excluding hydrogens is 260 g/mol. The normalized spacial score (nSPS) is 19.2. The van der Waals surface area contributed by atoms with E-state index in [0.717, 1.165) is 0 Å². The number of nitrogens with one attached hydrogen (secondary N) is 1. The summed E-state index contributed by atoms with van der Waals surface area (Å²) < 4.78 is 22.4. The summed E-state index contributed by atoms with van der Waals surface area (Å²) in [5.41, 5.74) is 0. The molecule has 0 bridgehead atoms. The Bertz CT molecular complexity index is 406. The zero-order valence-corrected chi connectivity index (χ0v) is 11.1. The maximum atomic E-state index is 11.7. The van der Waals surface area contributed by atoms with Crippen LogP contribution in [-0.4, -0.2) is 61.1 Å². The van der Waals surface area contributed by atoms with E-state index in [2.05, 4.69) is 5.32 Å². The fourth-order valence-corrected chi connectivity index (χ4v) is 3.28. The molecule has 0 aromatic heterocycles. The Hall–Kier alpha value is -1.31. The van der Waals surface area contributed by atoms with Gasteiger partial charge in [0.25, 0.3) is 0 Å². The topological polar surface area (TPSA) is 104 Å². The molecule has 18 heavy (non-hydrogen) atoms. The maximum absolute atomic E-state index is 11.7. The molecule has 1 aliphatic heterocycles. The number of aliphatic carboxylic acids is 1. The third-order valence-corrected chi connectivity index (χ3v) is 4.59. The first-order valence-electron chi connectivity index (χ1n) is 5.81. The van der Waals surface area contributed by atoms with Crippen molar-refractivity contribution in [2.24, 2.45) is 0 Å². The zero-order valence-electron chi connectivity index (χ0n) is 10.3. The number of nitrogens with zero attached hydrogens (tertiary/aromatic N) is 1. The molecule has 2 amide bonds. The third kappa shape index (κ3) is 4.52. The minimum Gasteiger partial charge on any atom is -0.480 e. The molecule has 0 atom stereocenters. The van der Waals surface area contributed by atoms with Crippen molar-refractivity contribution in [1.29, 1.82) is 0 Å². The first kappa shape index (κ1) is 14.7. The van der Waals surface area contributed by atoms with Gasteiger partial charge in [-0.25, -0.2) is 13.2 Å². The summed E-state index contributed by atoms with van der Waals surface area (Å²) in [7, 11) is -2.96. The minimum atomic E-state index is -2.96. The second-order valence-electron chi connectivity index (χ2n) is 4.28. The number of urea groups is 1. The second-order valence-corrected chi connectivity index (χ2v) is 6.59. The lowest BCUT2D eigenvalue weighted by Gasteiger charge is -2.26. The van der Waals surface area contributed by atoms with Gasteiger partial charge in [-0.2, -0.15) is 0 Å². The van der Waals surface area contributed by atoms with Gasteiger partial charge in [0, 0.05) is 12.6 Å². The summed E-state index contributed by atoms with van der Waals surface area (Å²) in [6, 6.07) is -0.645. The Morgan fingerprint density at radius 3 is 2.33 bits per heavy atom. The van der Waals surface area contributed by atoms with Crippen LogP contribution in [0.15, 0.2) is 0 Å². The van der Waals surface area contributed by atoms with Gasteiger partial charge in [-0.05, 0) is 19.8 Å². The lowest BCUT2D eigenvalue weighted by atomic mass is 10.1. The van der Waals surface area contributed by atoms with E-state index in [4.69, 9.17) is 5.11 Å². The van der Waals surface area contributed by atoms with Crippen LogP contribution in [0.1, 0.15) is 19.8 Å². The number of carboxylic acid groups (broad SMARTS) is 1. The quantitative estimate of drug-likeness (QED) is 0.733. The van der Waals surface area contributed by atoms with Crippen molar-refractivity contribution in [3.05, 3.63) is 0 Å². The van der Waals surface area contributed by atoms with E-state index in [1.807, 2.05) is 0 Å². The number of rotatable bonds is 4. The Kier molecular flexibility index (Phi) is 4.94. The van der Waals surface area contributed by atoms with Crippen LogP contribution < -0.4 is 5.32 Å². The molecule has 0 spiro atoms. The molecule has 1 aliphatic rings. The number of amides is 2. The van der Waals surface area contributed by atoms with Crippen LogP contribution in [0.3, 0.4) is 0 Å². The van der Waals surface area contributed by atoms with E-state index in [0.29, 0.717) is 19.4 Å². The standard InChI is InChI=1S/C10H18N2O5S/c1-2-12(7-9(13)14)10(15)11-8-3-5-18(16,17)6-4-8/h8H,2-7H2,1H3,(H,11,15)(H,13,14). The Morgan fingerprint density at radius 2 is 1.89 bits per heavy atom. The smallest absolute Gasteiger partial charge is 0.323 e. The largest absolute Gasteiger partial charge is 0.480 e. The van der Waals surface area contributed by atoms with Crippen LogP contribution in [0.2, 0.25) is 0 Å². The summed E-state index contributed by atoms with van der Waals surface area (Å²) in [5.74, 6) is -0.926. The van der Waals surface area contributed by atoms with Crippen molar-refractivity contribution < 1.29 is 23.1 Å². The molecule has 2 N–H and O–H groups in total. The molecule has 0 aromatic rings. The van der Waals surface area contributed by atoms with Crippen molar-refractivity contribution in [3.8, 4) is 0 Å². The van der Waals surface area contributed by atoms with Crippen molar-refractivity contribution in [1.82, 2.24) is 10.2 Å².